The lowest BCUT2D eigenvalue weighted by Crippen LogP contribution is -2.71. The Morgan fingerprint density at radius 2 is 2.00 bits per heavy atom. The number of aliphatic hydroxyl groups excluding tert-OH is 1. The highest BCUT2D eigenvalue weighted by atomic mass is 16.5. The molecule has 162 valence electrons. The number of hydrogen-bond donors (Lipinski definition) is 1. The summed E-state index contributed by atoms with van der Waals surface area (Å²) in [6.07, 6.45) is 8.71. The summed E-state index contributed by atoms with van der Waals surface area (Å²) in [7, 11) is 2.25. The first-order valence-electron chi connectivity index (χ1n) is 11.8. The maximum absolute atomic E-state index is 11.4. The summed E-state index contributed by atoms with van der Waals surface area (Å²) in [5.41, 5.74) is 1.88. The zero-order chi connectivity index (χ0) is 21.2. The molecule has 2 aliphatic carbocycles. The van der Waals surface area contributed by atoms with Gasteiger partial charge in [0, 0.05) is 17.5 Å². The Morgan fingerprint density at radius 3 is 2.81 bits per heavy atom. The van der Waals surface area contributed by atoms with Gasteiger partial charge < -0.3 is 19.5 Å². The van der Waals surface area contributed by atoms with Crippen molar-refractivity contribution in [1.29, 1.82) is 0 Å². The number of likely N-dealkylation sites (N-methyl/N-ethyl adjacent to an activating group) is 1. The monoisotopic (exact) mass is 417 g/mol. The molecule has 0 unspecified atom stereocenters. The van der Waals surface area contributed by atoms with Gasteiger partial charge in [-0.25, -0.2) is 0 Å². The lowest BCUT2D eigenvalue weighted by molar-refractivity contribution is -0.126. The first kappa shape index (κ1) is 19.4. The first-order valence-corrected chi connectivity index (χ1v) is 11.8. The van der Waals surface area contributed by atoms with E-state index >= 15 is 0 Å². The highest BCUT2D eigenvalue weighted by Crippen LogP contribution is 2.67. The summed E-state index contributed by atoms with van der Waals surface area (Å²) in [6, 6.07) is 14.7. The van der Waals surface area contributed by atoms with E-state index in [-0.39, 0.29) is 5.41 Å². The zero-order valence-corrected chi connectivity index (χ0v) is 18.4. The number of piperidine rings is 1. The predicted molar refractivity (Wildman–Crippen MR) is 121 cm³/mol. The summed E-state index contributed by atoms with van der Waals surface area (Å²) in [5.74, 6) is 2.80. The lowest BCUT2D eigenvalue weighted by Gasteiger charge is -2.61. The van der Waals surface area contributed by atoms with Crippen LogP contribution >= 0.6 is 0 Å². The minimum Gasteiger partial charge on any atom is -0.479 e. The molecule has 5 atom stereocenters. The molecule has 0 saturated carbocycles. The van der Waals surface area contributed by atoms with Gasteiger partial charge in [-0.05, 0) is 63.0 Å². The van der Waals surface area contributed by atoms with Gasteiger partial charge in [-0.15, -0.1) is 0 Å². The van der Waals surface area contributed by atoms with Gasteiger partial charge in [0.15, 0.2) is 11.5 Å². The molecule has 1 N–H and O–H groups in total. The van der Waals surface area contributed by atoms with Crippen LogP contribution in [0.4, 0.5) is 0 Å². The summed E-state index contributed by atoms with van der Waals surface area (Å²) >= 11 is 0. The fourth-order valence-corrected chi connectivity index (χ4v) is 6.99. The van der Waals surface area contributed by atoms with E-state index in [4.69, 9.17) is 9.47 Å². The number of nitrogens with zero attached hydrogens (tertiary/aromatic N) is 1. The van der Waals surface area contributed by atoms with Crippen molar-refractivity contribution in [3.63, 3.8) is 0 Å². The Balaban J connectivity index is 1.57. The van der Waals surface area contributed by atoms with E-state index in [1.807, 2.05) is 36.4 Å². The average molecular weight is 418 g/mol. The third kappa shape index (κ3) is 2.43. The highest BCUT2D eigenvalue weighted by Gasteiger charge is 2.71. The van der Waals surface area contributed by atoms with E-state index < -0.39 is 11.7 Å². The van der Waals surface area contributed by atoms with Crippen LogP contribution < -0.4 is 9.47 Å². The second-order valence-electron chi connectivity index (χ2n) is 9.77. The largest absolute Gasteiger partial charge is 0.479 e. The van der Waals surface area contributed by atoms with Gasteiger partial charge in [0.05, 0.1) is 5.41 Å². The van der Waals surface area contributed by atoms with Gasteiger partial charge in [0.2, 0.25) is 0 Å². The van der Waals surface area contributed by atoms with E-state index in [0.29, 0.717) is 12.0 Å². The maximum Gasteiger partial charge on any atom is 0.169 e. The van der Waals surface area contributed by atoms with Gasteiger partial charge in [0.25, 0.3) is 0 Å². The summed E-state index contributed by atoms with van der Waals surface area (Å²) in [4.78, 5) is 2.51. The maximum atomic E-state index is 11.4. The van der Waals surface area contributed by atoms with E-state index in [2.05, 4.69) is 37.1 Å². The van der Waals surface area contributed by atoms with Crippen LogP contribution in [-0.4, -0.2) is 41.3 Å². The minimum atomic E-state index is -0.615. The second-order valence-corrected chi connectivity index (χ2v) is 9.77. The molecule has 2 bridgehead atoms. The zero-order valence-electron chi connectivity index (χ0n) is 18.4. The third-order valence-electron chi connectivity index (χ3n) is 8.38. The normalized spacial score (nSPS) is 34.9. The van der Waals surface area contributed by atoms with Crippen LogP contribution in [0.1, 0.15) is 43.7 Å². The second kappa shape index (κ2) is 6.85. The van der Waals surface area contributed by atoms with Crippen LogP contribution in [0.5, 0.6) is 17.2 Å². The number of benzene rings is 2. The topological polar surface area (TPSA) is 41.9 Å². The Bertz CT molecular complexity index is 1030. The van der Waals surface area contributed by atoms with Crippen LogP contribution in [-0.2, 0) is 11.8 Å². The van der Waals surface area contributed by atoms with Crippen molar-refractivity contribution < 1.29 is 14.6 Å². The molecule has 4 nitrogen and oxygen atoms in total. The Labute approximate surface area is 184 Å². The van der Waals surface area contributed by atoms with Crippen LogP contribution in [0, 0.1) is 5.92 Å². The van der Waals surface area contributed by atoms with Crippen LogP contribution in [0.15, 0.2) is 54.6 Å². The fraction of sp³-hybridized carbons (Fsp3) is 0.481. The van der Waals surface area contributed by atoms with Gasteiger partial charge in [-0.1, -0.05) is 49.8 Å². The molecule has 2 aliphatic heterocycles. The van der Waals surface area contributed by atoms with Crippen molar-refractivity contribution in [2.75, 3.05) is 13.6 Å². The van der Waals surface area contributed by atoms with E-state index in [1.165, 1.54) is 11.1 Å². The molecule has 4 heteroatoms. The fourth-order valence-electron chi connectivity index (χ4n) is 6.99. The Kier molecular flexibility index (Phi) is 4.28. The molecule has 2 aromatic carbocycles. The molecular formula is C27H31NO3. The molecule has 2 heterocycles. The van der Waals surface area contributed by atoms with Gasteiger partial charge in [-0.3, -0.25) is 0 Å². The number of unbranched alkanes of at least 4 members (excludes halogenated alkanes) is 1. The first-order chi connectivity index (χ1) is 15.1. The molecular weight excluding hydrogens is 386 g/mol. The Hall–Kier alpha value is -2.30. The number of aliphatic hydroxyl groups is 1. The molecule has 4 aliphatic rings. The SMILES string of the molecule is CCCC[C@@]12Oc3c(Oc4ccccc4)ccc4c3[C@@]13CCN(C)[C@H](C4)[C@@H]3C=C[C@@H]2O. The number of rotatable bonds is 5. The van der Waals surface area contributed by atoms with E-state index in [0.717, 1.165) is 55.9 Å². The quantitative estimate of drug-likeness (QED) is 0.707. The highest BCUT2D eigenvalue weighted by molar-refractivity contribution is 5.64. The van der Waals surface area contributed by atoms with E-state index in [9.17, 15) is 5.11 Å². The minimum absolute atomic E-state index is 0.188. The van der Waals surface area contributed by atoms with Crippen LogP contribution in [0.2, 0.25) is 0 Å². The van der Waals surface area contributed by atoms with Crippen molar-refractivity contribution in [1.82, 2.24) is 4.90 Å². The lowest BCUT2D eigenvalue weighted by atomic mass is 9.48. The molecule has 0 radical (unpaired) electrons. The standard InChI is InChI=1S/C27H31NO3/c1-3-4-14-27-23(29)13-11-20-21-17-18-10-12-22(30-19-8-6-5-7-9-19)25(31-27)24(18)26(20,27)15-16-28(21)2/h5-13,20-21,23,29H,3-4,14-17H2,1-2H3/t20-,21+,23-,26-,27-/m0/s1. The van der Waals surface area contributed by atoms with Crippen LogP contribution in [0.3, 0.4) is 0 Å². The molecule has 1 fully saturated rings. The molecule has 6 rings (SSSR count). The van der Waals surface area contributed by atoms with Gasteiger partial charge in [0.1, 0.15) is 17.5 Å². The Morgan fingerprint density at radius 1 is 1.16 bits per heavy atom. The third-order valence-corrected chi connectivity index (χ3v) is 8.38. The molecule has 1 saturated heterocycles. The van der Waals surface area contributed by atoms with Crippen LogP contribution in [0.25, 0.3) is 0 Å². The number of ether oxygens (including phenoxy) is 2. The smallest absolute Gasteiger partial charge is 0.169 e. The summed E-state index contributed by atoms with van der Waals surface area (Å²) in [5, 5.41) is 11.4. The molecule has 1 spiro atoms. The molecule has 0 amide bonds. The van der Waals surface area contributed by atoms with Crippen molar-refractivity contribution in [3.05, 3.63) is 65.7 Å². The van der Waals surface area contributed by atoms with Gasteiger partial charge in [-0.2, -0.15) is 0 Å². The predicted octanol–water partition coefficient (Wildman–Crippen LogP) is 4.85. The van der Waals surface area contributed by atoms with Crippen molar-refractivity contribution in [2.24, 2.45) is 5.92 Å². The summed E-state index contributed by atoms with van der Waals surface area (Å²) < 4.78 is 13.3. The molecule has 2 aromatic rings. The molecule has 0 aromatic heterocycles. The summed E-state index contributed by atoms with van der Waals surface area (Å²) in [6.45, 7) is 3.24. The van der Waals surface area contributed by atoms with Gasteiger partial charge >= 0.3 is 0 Å². The number of hydrogen-bond acceptors (Lipinski definition) is 4. The average Bonchev–Trinajstić information content (AvgIpc) is 3.10. The number of para-hydroxylation sites is 1. The van der Waals surface area contributed by atoms with Crippen molar-refractivity contribution in [3.8, 4) is 17.2 Å². The molecule has 31 heavy (non-hydrogen) atoms. The van der Waals surface area contributed by atoms with E-state index in [1.54, 1.807) is 0 Å². The van der Waals surface area contributed by atoms with Crippen molar-refractivity contribution in [2.45, 2.75) is 62.2 Å². The van der Waals surface area contributed by atoms with Crippen molar-refractivity contribution >= 4 is 0 Å². The number of likely N-dealkylation sites (tertiary alicyclic amines) is 1.